The van der Waals surface area contributed by atoms with E-state index in [1.54, 1.807) is 12.1 Å². The summed E-state index contributed by atoms with van der Waals surface area (Å²) in [6.07, 6.45) is 2.46. The fourth-order valence-electron chi connectivity index (χ4n) is 2.32. The molecule has 1 fully saturated rings. The average Bonchev–Trinajstić information content (AvgIpc) is 2.97. The minimum absolute atomic E-state index is 0.0505. The largest absolute Gasteiger partial charge is 0.491 e. The monoisotopic (exact) mass is 328 g/mol. The van der Waals surface area contributed by atoms with Gasteiger partial charge in [0, 0.05) is 6.54 Å². The number of sulfonamides is 1. The number of nitrogens with zero attached hydrogens (tertiary/aromatic N) is 1. The van der Waals surface area contributed by atoms with Gasteiger partial charge in [0.2, 0.25) is 0 Å². The van der Waals surface area contributed by atoms with Crippen LogP contribution in [0, 0.1) is 0 Å². The summed E-state index contributed by atoms with van der Waals surface area (Å²) in [5.74, 6) is 0.643. The van der Waals surface area contributed by atoms with E-state index in [0.29, 0.717) is 12.4 Å². The zero-order valence-electron chi connectivity index (χ0n) is 13.1. The SMILES string of the molecule is CC(C)Oc1ccc(S(=O)(=O)NOCCN2CCCC2)cc1. The minimum Gasteiger partial charge on any atom is -0.491 e. The number of ether oxygens (including phenoxy) is 1. The van der Waals surface area contributed by atoms with Gasteiger partial charge in [0.15, 0.2) is 0 Å². The number of benzene rings is 1. The van der Waals surface area contributed by atoms with Crippen LogP contribution in [0.15, 0.2) is 29.2 Å². The molecule has 0 spiro atoms. The van der Waals surface area contributed by atoms with Gasteiger partial charge in [-0.15, -0.1) is 0 Å². The van der Waals surface area contributed by atoms with Crippen LogP contribution in [0.1, 0.15) is 26.7 Å². The zero-order chi connectivity index (χ0) is 16.0. The van der Waals surface area contributed by atoms with E-state index in [1.165, 1.54) is 25.0 Å². The molecule has 0 aliphatic carbocycles. The minimum atomic E-state index is -3.65. The summed E-state index contributed by atoms with van der Waals surface area (Å²) < 4.78 is 29.6. The van der Waals surface area contributed by atoms with Gasteiger partial charge < -0.3 is 9.64 Å². The molecule has 0 bridgehead atoms. The number of likely N-dealkylation sites (tertiary alicyclic amines) is 1. The van der Waals surface area contributed by atoms with Gasteiger partial charge in [-0.25, -0.2) is 8.42 Å². The first-order chi connectivity index (χ1) is 10.5. The number of rotatable bonds is 8. The molecule has 1 aliphatic rings. The van der Waals surface area contributed by atoms with E-state index in [1.807, 2.05) is 13.8 Å². The van der Waals surface area contributed by atoms with Crippen molar-refractivity contribution in [1.82, 2.24) is 9.79 Å². The zero-order valence-corrected chi connectivity index (χ0v) is 13.9. The van der Waals surface area contributed by atoms with Crippen molar-refractivity contribution in [3.05, 3.63) is 24.3 Å². The van der Waals surface area contributed by atoms with Crippen LogP contribution in [0.2, 0.25) is 0 Å². The molecule has 2 rings (SSSR count). The van der Waals surface area contributed by atoms with E-state index in [4.69, 9.17) is 9.57 Å². The van der Waals surface area contributed by atoms with Crippen LogP contribution < -0.4 is 9.62 Å². The lowest BCUT2D eigenvalue weighted by Crippen LogP contribution is -2.30. The van der Waals surface area contributed by atoms with Crippen molar-refractivity contribution in [2.75, 3.05) is 26.2 Å². The molecule has 0 unspecified atom stereocenters. The van der Waals surface area contributed by atoms with Crippen molar-refractivity contribution >= 4 is 10.0 Å². The van der Waals surface area contributed by atoms with Gasteiger partial charge in [0.25, 0.3) is 10.0 Å². The van der Waals surface area contributed by atoms with Gasteiger partial charge in [-0.2, -0.15) is 0 Å². The molecule has 0 aromatic heterocycles. The Labute approximate surface area is 132 Å². The lowest BCUT2D eigenvalue weighted by atomic mass is 10.3. The Kier molecular flexibility index (Phi) is 6.19. The van der Waals surface area contributed by atoms with E-state index in [2.05, 4.69) is 9.79 Å². The Bertz CT molecular complexity index is 551. The molecule has 7 heteroatoms. The Morgan fingerprint density at radius 1 is 1.18 bits per heavy atom. The van der Waals surface area contributed by atoms with Gasteiger partial charge in [0.1, 0.15) is 5.75 Å². The molecule has 0 atom stereocenters. The van der Waals surface area contributed by atoms with Gasteiger partial charge in [-0.05, 0) is 64.0 Å². The van der Waals surface area contributed by atoms with E-state index in [0.717, 1.165) is 19.6 Å². The summed E-state index contributed by atoms with van der Waals surface area (Å²) in [5, 5.41) is 0. The average molecular weight is 328 g/mol. The number of hydrogen-bond acceptors (Lipinski definition) is 5. The maximum Gasteiger partial charge on any atom is 0.262 e. The fraction of sp³-hybridized carbons (Fsp3) is 0.600. The normalized spacial score (nSPS) is 16.3. The summed E-state index contributed by atoms with van der Waals surface area (Å²) >= 11 is 0. The molecular formula is C15H24N2O4S. The Hall–Kier alpha value is -1.15. The first-order valence-electron chi connectivity index (χ1n) is 7.60. The molecule has 0 amide bonds. The second-order valence-corrected chi connectivity index (χ2v) is 7.27. The van der Waals surface area contributed by atoms with Crippen molar-refractivity contribution in [2.45, 2.75) is 37.7 Å². The Balaban J connectivity index is 1.81. The first kappa shape index (κ1) is 17.2. The van der Waals surface area contributed by atoms with E-state index in [-0.39, 0.29) is 11.0 Å². The summed E-state index contributed by atoms with van der Waals surface area (Å²) in [7, 11) is -3.65. The third kappa shape index (κ3) is 5.24. The highest BCUT2D eigenvalue weighted by Gasteiger charge is 2.15. The predicted molar refractivity (Wildman–Crippen MR) is 84.2 cm³/mol. The highest BCUT2D eigenvalue weighted by atomic mass is 32.2. The maximum absolute atomic E-state index is 12.1. The predicted octanol–water partition coefficient (Wildman–Crippen LogP) is 1.78. The third-order valence-electron chi connectivity index (χ3n) is 3.38. The molecule has 0 radical (unpaired) electrons. The van der Waals surface area contributed by atoms with Crippen molar-refractivity contribution in [3.63, 3.8) is 0 Å². The van der Waals surface area contributed by atoms with Gasteiger partial charge >= 0.3 is 0 Å². The van der Waals surface area contributed by atoms with Crippen molar-refractivity contribution in [2.24, 2.45) is 0 Å². The van der Waals surface area contributed by atoms with Crippen molar-refractivity contribution in [3.8, 4) is 5.75 Å². The molecule has 1 heterocycles. The molecule has 6 nitrogen and oxygen atoms in total. The van der Waals surface area contributed by atoms with Crippen molar-refractivity contribution < 1.29 is 18.0 Å². The van der Waals surface area contributed by atoms with Gasteiger partial charge in [-0.3, -0.25) is 4.84 Å². The van der Waals surface area contributed by atoms with Crippen LogP contribution in [-0.4, -0.2) is 45.7 Å². The molecule has 124 valence electrons. The van der Waals surface area contributed by atoms with Crippen LogP contribution in [-0.2, 0) is 14.9 Å². The molecule has 1 aliphatic heterocycles. The summed E-state index contributed by atoms with van der Waals surface area (Å²) in [6, 6.07) is 6.28. The van der Waals surface area contributed by atoms with Crippen LogP contribution in [0.5, 0.6) is 5.75 Å². The smallest absolute Gasteiger partial charge is 0.262 e. The first-order valence-corrected chi connectivity index (χ1v) is 9.08. The van der Waals surface area contributed by atoms with Crippen molar-refractivity contribution in [1.29, 1.82) is 0 Å². The van der Waals surface area contributed by atoms with Gasteiger partial charge in [0.05, 0.1) is 17.6 Å². The quantitative estimate of drug-likeness (QED) is 0.582. The maximum atomic E-state index is 12.1. The summed E-state index contributed by atoms with van der Waals surface area (Å²) in [6.45, 7) is 7.04. The molecule has 1 aromatic carbocycles. The molecule has 1 aromatic rings. The molecule has 1 N–H and O–H groups in total. The second kappa shape index (κ2) is 7.92. The number of nitrogens with one attached hydrogen (secondary N) is 1. The van der Waals surface area contributed by atoms with Crippen LogP contribution in [0.3, 0.4) is 0 Å². The highest BCUT2D eigenvalue weighted by Crippen LogP contribution is 2.17. The molecular weight excluding hydrogens is 304 g/mol. The lowest BCUT2D eigenvalue weighted by Gasteiger charge is -2.14. The number of hydrogen-bond donors (Lipinski definition) is 1. The van der Waals surface area contributed by atoms with Gasteiger partial charge in [-0.1, -0.05) is 4.89 Å². The fourth-order valence-corrected chi connectivity index (χ4v) is 3.15. The third-order valence-corrected chi connectivity index (χ3v) is 4.61. The lowest BCUT2D eigenvalue weighted by molar-refractivity contribution is 0.0756. The van der Waals surface area contributed by atoms with Crippen LogP contribution in [0.25, 0.3) is 0 Å². The Morgan fingerprint density at radius 3 is 2.41 bits per heavy atom. The highest BCUT2D eigenvalue weighted by molar-refractivity contribution is 7.89. The standard InChI is InChI=1S/C15H24N2O4S/c1-13(2)21-14-5-7-15(8-6-14)22(18,19)16-20-12-11-17-9-3-4-10-17/h5-8,13,16H,3-4,9-12H2,1-2H3. The molecule has 22 heavy (non-hydrogen) atoms. The van der Waals surface area contributed by atoms with E-state index >= 15 is 0 Å². The van der Waals surface area contributed by atoms with E-state index in [9.17, 15) is 8.42 Å². The van der Waals surface area contributed by atoms with Crippen LogP contribution >= 0.6 is 0 Å². The summed E-state index contributed by atoms with van der Waals surface area (Å²) in [5.41, 5.74) is 0. The Morgan fingerprint density at radius 2 is 1.82 bits per heavy atom. The van der Waals surface area contributed by atoms with Crippen LogP contribution in [0.4, 0.5) is 0 Å². The second-order valence-electron chi connectivity index (χ2n) is 5.62. The molecule has 0 saturated carbocycles. The molecule has 1 saturated heterocycles. The summed E-state index contributed by atoms with van der Waals surface area (Å²) in [4.78, 5) is 9.68. The topological polar surface area (TPSA) is 67.9 Å². The van der Waals surface area contributed by atoms with E-state index < -0.39 is 10.0 Å².